The van der Waals surface area contributed by atoms with Crippen LogP contribution >= 0.6 is 54.5 Å². The fourth-order valence-electron chi connectivity index (χ4n) is 2.88. The molecule has 0 unspecified atom stereocenters. The largest absolute Gasteiger partial charge is 0.421 e. The molecule has 0 fully saturated rings. The first kappa shape index (κ1) is 22.9. The number of ether oxygens (including phenoxy) is 2. The van der Waals surface area contributed by atoms with Crippen molar-refractivity contribution in [3.05, 3.63) is 101 Å². The lowest BCUT2D eigenvalue weighted by molar-refractivity contribution is -0.129. The third kappa shape index (κ3) is 5.19. The number of nitrogens with zero attached hydrogens (tertiary/aromatic N) is 1. The van der Waals surface area contributed by atoms with Crippen LogP contribution in [0.1, 0.15) is 27.0 Å². The summed E-state index contributed by atoms with van der Waals surface area (Å²) >= 11 is 9.09. The van der Waals surface area contributed by atoms with E-state index < -0.39 is 11.9 Å². The van der Waals surface area contributed by atoms with E-state index in [1.165, 1.54) is 0 Å². The van der Waals surface area contributed by atoms with Crippen LogP contribution in [0.4, 0.5) is 0 Å². The van der Waals surface area contributed by atoms with Crippen LogP contribution in [0, 0.1) is 10.5 Å². The molecule has 0 N–H and O–H groups in total. The van der Waals surface area contributed by atoms with Gasteiger partial charge in [0.25, 0.3) is 0 Å². The maximum Gasteiger partial charge on any atom is 0.363 e. The zero-order chi connectivity index (χ0) is 22.8. The Bertz CT molecular complexity index is 1260. The molecule has 0 saturated carbocycles. The number of aliphatic imine (C=N–C) groups is 1. The van der Waals surface area contributed by atoms with Crippen LogP contribution in [0.5, 0.6) is 5.75 Å². The maximum absolute atomic E-state index is 12.5. The predicted molar refractivity (Wildman–Crippen MR) is 138 cm³/mol. The molecular formula is C24H14Br2INO4. The first-order valence-corrected chi connectivity index (χ1v) is 12.0. The molecule has 160 valence electrons. The minimum Gasteiger partial charge on any atom is -0.421 e. The second-order valence-electron chi connectivity index (χ2n) is 6.91. The molecule has 1 heterocycles. The minimum atomic E-state index is -0.527. The summed E-state index contributed by atoms with van der Waals surface area (Å²) in [4.78, 5) is 29.1. The molecule has 5 nitrogen and oxygen atoms in total. The topological polar surface area (TPSA) is 65.0 Å². The van der Waals surface area contributed by atoms with Crippen LogP contribution in [-0.4, -0.2) is 17.8 Å². The van der Waals surface area contributed by atoms with E-state index in [1.54, 1.807) is 30.3 Å². The minimum absolute atomic E-state index is 0.182. The second kappa shape index (κ2) is 9.68. The van der Waals surface area contributed by atoms with Gasteiger partial charge in [-0.15, -0.1) is 0 Å². The average molecular weight is 667 g/mol. The van der Waals surface area contributed by atoms with Gasteiger partial charge < -0.3 is 9.47 Å². The van der Waals surface area contributed by atoms with E-state index in [2.05, 4.69) is 59.4 Å². The first-order valence-electron chi connectivity index (χ1n) is 9.36. The van der Waals surface area contributed by atoms with Crippen molar-refractivity contribution in [2.75, 3.05) is 0 Å². The number of rotatable bonds is 4. The van der Waals surface area contributed by atoms with Gasteiger partial charge in [0.1, 0.15) is 0 Å². The quantitative estimate of drug-likeness (QED) is 0.135. The molecule has 0 radical (unpaired) electrons. The van der Waals surface area contributed by atoms with Crippen LogP contribution in [0.25, 0.3) is 6.08 Å². The highest BCUT2D eigenvalue weighted by Gasteiger charge is 2.24. The Labute approximate surface area is 214 Å². The Morgan fingerprint density at radius 3 is 2.28 bits per heavy atom. The highest BCUT2D eigenvalue weighted by atomic mass is 127. The van der Waals surface area contributed by atoms with Crippen LogP contribution in [-0.2, 0) is 9.53 Å². The Kier molecular flexibility index (Phi) is 6.92. The van der Waals surface area contributed by atoms with Gasteiger partial charge in [0.2, 0.25) is 5.90 Å². The molecular weight excluding hydrogens is 653 g/mol. The van der Waals surface area contributed by atoms with Gasteiger partial charge in [-0.3, -0.25) is 0 Å². The van der Waals surface area contributed by atoms with Crippen molar-refractivity contribution in [1.29, 1.82) is 0 Å². The Hall–Kier alpha value is -2.30. The SMILES string of the molecule is Cc1ccc(C(=O)Oc2c(Br)cc(/C=C3\N=C(c4ccc(I)cc4)OC3=O)cc2Br)cc1. The number of carbonyl (C=O) groups is 2. The van der Waals surface area contributed by atoms with Gasteiger partial charge in [-0.2, -0.15) is 0 Å². The molecule has 32 heavy (non-hydrogen) atoms. The summed E-state index contributed by atoms with van der Waals surface area (Å²) in [5, 5.41) is 0. The van der Waals surface area contributed by atoms with Gasteiger partial charge in [-0.25, -0.2) is 14.6 Å². The van der Waals surface area contributed by atoms with Gasteiger partial charge in [-0.1, -0.05) is 17.7 Å². The molecule has 4 rings (SSSR count). The smallest absolute Gasteiger partial charge is 0.363 e. The summed E-state index contributed by atoms with van der Waals surface area (Å²) < 4.78 is 13.0. The lowest BCUT2D eigenvalue weighted by atomic mass is 10.1. The van der Waals surface area contributed by atoms with E-state index in [-0.39, 0.29) is 11.6 Å². The van der Waals surface area contributed by atoms with Gasteiger partial charge in [-0.05, 0) is 122 Å². The van der Waals surface area contributed by atoms with Gasteiger partial charge >= 0.3 is 11.9 Å². The van der Waals surface area contributed by atoms with Crippen LogP contribution in [0.15, 0.2) is 80.3 Å². The number of benzene rings is 3. The first-order chi connectivity index (χ1) is 15.3. The zero-order valence-corrected chi connectivity index (χ0v) is 21.9. The Morgan fingerprint density at radius 2 is 1.66 bits per heavy atom. The molecule has 1 aliphatic heterocycles. The van der Waals surface area contributed by atoms with E-state index in [9.17, 15) is 9.59 Å². The van der Waals surface area contributed by atoms with E-state index >= 15 is 0 Å². The van der Waals surface area contributed by atoms with Gasteiger partial charge in [0.05, 0.1) is 14.5 Å². The highest BCUT2D eigenvalue weighted by Crippen LogP contribution is 2.36. The summed E-state index contributed by atoms with van der Waals surface area (Å²) in [6.07, 6.45) is 1.61. The van der Waals surface area contributed by atoms with E-state index in [1.807, 2.05) is 43.3 Å². The monoisotopic (exact) mass is 665 g/mol. The van der Waals surface area contributed by atoms with Crippen LogP contribution in [0.3, 0.4) is 0 Å². The van der Waals surface area contributed by atoms with Crippen molar-refractivity contribution in [2.24, 2.45) is 4.99 Å². The molecule has 0 aromatic heterocycles. The maximum atomic E-state index is 12.5. The molecule has 3 aromatic rings. The lowest BCUT2D eigenvalue weighted by Gasteiger charge is -2.10. The molecule has 1 aliphatic rings. The highest BCUT2D eigenvalue weighted by molar-refractivity contribution is 14.1. The van der Waals surface area contributed by atoms with Crippen molar-refractivity contribution in [3.63, 3.8) is 0 Å². The van der Waals surface area contributed by atoms with Crippen LogP contribution < -0.4 is 4.74 Å². The fraction of sp³-hybridized carbons (Fsp3) is 0.0417. The molecule has 0 spiro atoms. The number of carbonyl (C=O) groups excluding carboxylic acids is 2. The average Bonchev–Trinajstić information content (AvgIpc) is 3.11. The van der Waals surface area contributed by atoms with Crippen molar-refractivity contribution >= 4 is 78.4 Å². The van der Waals surface area contributed by atoms with Crippen LogP contribution in [0.2, 0.25) is 0 Å². The third-order valence-electron chi connectivity index (χ3n) is 4.52. The Balaban J connectivity index is 1.58. The number of hydrogen-bond donors (Lipinski definition) is 0. The molecule has 0 bridgehead atoms. The Morgan fingerprint density at radius 1 is 1.03 bits per heavy atom. The third-order valence-corrected chi connectivity index (χ3v) is 6.41. The summed E-state index contributed by atoms with van der Waals surface area (Å²) in [5.41, 5.74) is 3.09. The van der Waals surface area contributed by atoms with Crippen molar-refractivity contribution in [3.8, 4) is 5.75 Å². The second-order valence-corrected chi connectivity index (χ2v) is 9.87. The summed E-state index contributed by atoms with van der Waals surface area (Å²) in [6.45, 7) is 1.95. The summed E-state index contributed by atoms with van der Waals surface area (Å²) in [5.74, 6) is -0.390. The summed E-state index contributed by atoms with van der Waals surface area (Å²) in [7, 11) is 0. The molecule has 0 saturated heterocycles. The molecule has 3 aromatic carbocycles. The molecule has 0 atom stereocenters. The number of halogens is 3. The van der Waals surface area contributed by atoms with E-state index in [4.69, 9.17) is 9.47 Å². The zero-order valence-electron chi connectivity index (χ0n) is 16.6. The standard InChI is InChI=1S/C24H14Br2INO4/c1-13-2-4-16(5-3-13)23(29)31-21-18(25)10-14(11-19(21)26)12-20-24(30)32-22(28-20)15-6-8-17(27)9-7-15/h2-12H,1H3/b20-12-. The lowest BCUT2D eigenvalue weighted by Crippen LogP contribution is -2.09. The normalized spacial score (nSPS) is 14.3. The van der Waals surface area contributed by atoms with Gasteiger partial charge in [0.15, 0.2) is 11.4 Å². The van der Waals surface area contributed by atoms with Crippen molar-refractivity contribution < 1.29 is 19.1 Å². The molecule has 8 heteroatoms. The van der Waals surface area contributed by atoms with E-state index in [0.717, 1.165) is 14.7 Å². The molecule has 0 aliphatic carbocycles. The fourth-order valence-corrected chi connectivity index (χ4v) is 4.63. The van der Waals surface area contributed by atoms with Crippen molar-refractivity contribution in [1.82, 2.24) is 0 Å². The molecule has 0 amide bonds. The number of hydrogen-bond acceptors (Lipinski definition) is 5. The number of esters is 2. The number of aryl methyl sites for hydroxylation is 1. The van der Waals surface area contributed by atoms with Gasteiger partial charge in [0, 0.05) is 9.13 Å². The van der Waals surface area contributed by atoms with Crippen molar-refractivity contribution in [2.45, 2.75) is 6.92 Å². The van der Waals surface area contributed by atoms with E-state index in [0.29, 0.717) is 25.8 Å². The number of cyclic esters (lactones) is 1. The predicted octanol–water partition coefficient (Wildman–Crippen LogP) is 6.69. The summed E-state index contributed by atoms with van der Waals surface area (Å²) in [6, 6.07) is 18.1.